The Labute approximate surface area is 188 Å². The molecule has 9 heteroatoms. The Bertz CT molecular complexity index is 1150. The molecule has 3 aromatic rings. The first-order valence-electron chi connectivity index (χ1n) is 9.29. The molecule has 0 bridgehead atoms. The van der Waals surface area contributed by atoms with Crippen LogP contribution >= 0.6 is 15.9 Å². The van der Waals surface area contributed by atoms with Crippen LogP contribution < -0.4 is 14.8 Å². The smallest absolute Gasteiger partial charge is 0.261 e. The van der Waals surface area contributed by atoms with E-state index in [4.69, 9.17) is 4.74 Å². The normalized spacial score (nSPS) is 12.1. The number of nitrogens with one attached hydrogen (secondary N) is 2. The van der Waals surface area contributed by atoms with Gasteiger partial charge in [0.25, 0.3) is 15.9 Å². The van der Waals surface area contributed by atoms with Gasteiger partial charge in [-0.15, -0.1) is 0 Å². The van der Waals surface area contributed by atoms with Crippen LogP contribution in [-0.2, 0) is 14.8 Å². The summed E-state index contributed by atoms with van der Waals surface area (Å²) in [5, 5.41) is 2.84. The molecule has 0 radical (unpaired) electrons. The summed E-state index contributed by atoms with van der Waals surface area (Å²) in [5.41, 5.74) is 1.20. The predicted molar refractivity (Wildman–Crippen MR) is 120 cm³/mol. The topological polar surface area (TPSA) is 84.5 Å². The van der Waals surface area contributed by atoms with Gasteiger partial charge in [-0.25, -0.2) is 12.8 Å². The van der Waals surface area contributed by atoms with E-state index >= 15 is 0 Å². The highest BCUT2D eigenvalue weighted by molar-refractivity contribution is 9.10. The number of benzene rings is 3. The Morgan fingerprint density at radius 2 is 1.74 bits per heavy atom. The van der Waals surface area contributed by atoms with E-state index in [1.165, 1.54) is 36.4 Å². The first-order valence-corrected chi connectivity index (χ1v) is 11.6. The molecule has 0 aliphatic heterocycles. The van der Waals surface area contributed by atoms with Crippen LogP contribution in [0.5, 0.6) is 5.75 Å². The van der Waals surface area contributed by atoms with Gasteiger partial charge in [0, 0.05) is 10.2 Å². The molecule has 0 saturated carbocycles. The van der Waals surface area contributed by atoms with Gasteiger partial charge in [0.1, 0.15) is 11.6 Å². The van der Waals surface area contributed by atoms with Crippen molar-refractivity contribution in [2.45, 2.75) is 17.9 Å². The van der Waals surface area contributed by atoms with Crippen LogP contribution in [0.25, 0.3) is 0 Å². The van der Waals surface area contributed by atoms with E-state index in [1.54, 1.807) is 0 Å². The molecule has 2 N–H and O–H groups in total. The molecule has 1 unspecified atom stereocenters. The molecule has 1 atom stereocenters. The molecule has 1 amide bonds. The number of ether oxygens (including phenoxy) is 1. The number of amides is 1. The molecule has 162 valence electrons. The van der Waals surface area contributed by atoms with E-state index in [2.05, 4.69) is 26.0 Å². The second kappa shape index (κ2) is 9.93. The van der Waals surface area contributed by atoms with Gasteiger partial charge in [0.05, 0.1) is 10.9 Å². The van der Waals surface area contributed by atoms with Crippen molar-refractivity contribution in [1.29, 1.82) is 0 Å². The van der Waals surface area contributed by atoms with Gasteiger partial charge in [0.2, 0.25) is 0 Å². The van der Waals surface area contributed by atoms with Crippen LogP contribution in [0, 0.1) is 5.82 Å². The quantitative estimate of drug-likeness (QED) is 0.465. The highest BCUT2D eigenvalue weighted by Gasteiger charge is 2.15. The number of sulfonamides is 1. The molecule has 0 aromatic heterocycles. The van der Waals surface area contributed by atoms with Crippen LogP contribution in [0.4, 0.5) is 10.1 Å². The maximum atomic E-state index is 13.0. The number of halogens is 2. The molecule has 0 heterocycles. The standard InChI is InChI=1S/C22H20BrFN2O4S/c1-15(16-3-2-4-17(23)13-16)25-22(27)14-30-20-9-11-21(12-10-20)31(28,29)26-19-7-5-18(24)6-8-19/h2-13,15,26H,14H2,1H3,(H,25,27). The minimum atomic E-state index is -3.84. The minimum absolute atomic E-state index is 0.0110. The number of carbonyl (C=O) groups excluding carboxylic acids is 1. The van der Waals surface area contributed by atoms with E-state index in [9.17, 15) is 17.6 Å². The zero-order valence-electron chi connectivity index (χ0n) is 16.5. The van der Waals surface area contributed by atoms with E-state index in [-0.39, 0.29) is 29.1 Å². The van der Waals surface area contributed by atoms with Crippen LogP contribution in [0.2, 0.25) is 0 Å². The fourth-order valence-electron chi connectivity index (χ4n) is 2.74. The second-order valence-electron chi connectivity index (χ2n) is 6.72. The lowest BCUT2D eigenvalue weighted by Crippen LogP contribution is -2.31. The van der Waals surface area contributed by atoms with Crippen molar-refractivity contribution in [2.75, 3.05) is 11.3 Å². The average molecular weight is 507 g/mol. The average Bonchev–Trinajstić information content (AvgIpc) is 2.74. The summed E-state index contributed by atoms with van der Waals surface area (Å²) in [6.07, 6.45) is 0. The van der Waals surface area contributed by atoms with Crippen molar-refractivity contribution in [3.63, 3.8) is 0 Å². The molecule has 3 aromatic carbocycles. The number of carbonyl (C=O) groups is 1. The Morgan fingerprint density at radius 1 is 1.06 bits per heavy atom. The Kier molecular flexibility index (Phi) is 7.29. The summed E-state index contributed by atoms with van der Waals surface area (Å²) in [6, 6.07) is 18.1. The van der Waals surface area contributed by atoms with Crippen LogP contribution in [-0.4, -0.2) is 20.9 Å². The zero-order chi connectivity index (χ0) is 22.4. The Balaban J connectivity index is 1.55. The SMILES string of the molecule is CC(NC(=O)COc1ccc(S(=O)(=O)Nc2ccc(F)cc2)cc1)c1cccc(Br)c1. The highest BCUT2D eigenvalue weighted by atomic mass is 79.9. The fourth-order valence-corrected chi connectivity index (χ4v) is 4.21. The van der Waals surface area contributed by atoms with Crippen LogP contribution in [0.3, 0.4) is 0 Å². The van der Waals surface area contributed by atoms with Crippen molar-refractivity contribution in [2.24, 2.45) is 0 Å². The number of hydrogen-bond acceptors (Lipinski definition) is 4. The van der Waals surface area contributed by atoms with Gasteiger partial charge in [-0.1, -0.05) is 28.1 Å². The maximum absolute atomic E-state index is 13.0. The summed E-state index contributed by atoms with van der Waals surface area (Å²) in [7, 11) is -3.84. The number of hydrogen-bond donors (Lipinski definition) is 2. The highest BCUT2D eigenvalue weighted by Crippen LogP contribution is 2.20. The van der Waals surface area contributed by atoms with E-state index in [1.807, 2.05) is 31.2 Å². The molecule has 31 heavy (non-hydrogen) atoms. The summed E-state index contributed by atoms with van der Waals surface area (Å²) < 4.78 is 46.6. The molecule has 0 spiro atoms. The van der Waals surface area contributed by atoms with Crippen LogP contribution in [0.1, 0.15) is 18.5 Å². The monoisotopic (exact) mass is 506 g/mol. The largest absolute Gasteiger partial charge is 0.484 e. The fraction of sp³-hybridized carbons (Fsp3) is 0.136. The van der Waals surface area contributed by atoms with E-state index < -0.39 is 15.8 Å². The lowest BCUT2D eigenvalue weighted by Gasteiger charge is -2.15. The summed E-state index contributed by atoms with van der Waals surface area (Å²) in [4.78, 5) is 12.2. The molecule has 0 aliphatic rings. The molecule has 0 aliphatic carbocycles. The lowest BCUT2D eigenvalue weighted by molar-refractivity contribution is -0.123. The second-order valence-corrected chi connectivity index (χ2v) is 9.31. The molecule has 3 rings (SSSR count). The minimum Gasteiger partial charge on any atom is -0.484 e. The summed E-state index contributed by atoms with van der Waals surface area (Å²) >= 11 is 3.40. The third kappa shape index (κ3) is 6.53. The van der Waals surface area contributed by atoms with Crippen molar-refractivity contribution >= 4 is 37.5 Å². The third-order valence-electron chi connectivity index (χ3n) is 4.33. The predicted octanol–water partition coefficient (Wildman–Crippen LogP) is 4.65. The molecular weight excluding hydrogens is 487 g/mol. The van der Waals surface area contributed by atoms with E-state index in [0.29, 0.717) is 5.75 Å². The molecular formula is C22H20BrFN2O4S. The summed E-state index contributed by atoms with van der Waals surface area (Å²) in [5.74, 6) is -0.410. The first kappa shape index (κ1) is 22.8. The van der Waals surface area contributed by atoms with Gasteiger partial charge >= 0.3 is 0 Å². The molecule has 6 nitrogen and oxygen atoms in total. The molecule has 0 saturated heterocycles. The van der Waals surface area contributed by atoms with E-state index in [0.717, 1.165) is 22.2 Å². The summed E-state index contributed by atoms with van der Waals surface area (Å²) in [6.45, 7) is 1.66. The molecule has 0 fully saturated rings. The van der Waals surface area contributed by atoms with Gasteiger partial charge in [-0.2, -0.15) is 0 Å². The van der Waals surface area contributed by atoms with Gasteiger partial charge in [-0.05, 0) is 73.2 Å². The van der Waals surface area contributed by atoms with Gasteiger partial charge in [-0.3, -0.25) is 9.52 Å². The van der Waals surface area contributed by atoms with Gasteiger partial charge < -0.3 is 10.1 Å². The van der Waals surface area contributed by atoms with Crippen molar-refractivity contribution < 1.29 is 22.3 Å². The zero-order valence-corrected chi connectivity index (χ0v) is 18.9. The Morgan fingerprint density at radius 3 is 2.39 bits per heavy atom. The van der Waals surface area contributed by atoms with Crippen molar-refractivity contribution in [3.05, 3.63) is 88.6 Å². The van der Waals surface area contributed by atoms with Crippen LogP contribution in [0.15, 0.2) is 82.2 Å². The number of anilines is 1. The van der Waals surface area contributed by atoms with Crippen molar-refractivity contribution in [1.82, 2.24) is 5.32 Å². The lowest BCUT2D eigenvalue weighted by atomic mass is 10.1. The third-order valence-corrected chi connectivity index (χ3v) is 6.22. The van der Waals surface area contributed by atoms with Gasteiger partial charge in [0.15, 0.2) is 6.61 Å². The first-order chi connectivity index (χ1) is 14.7. The number of rotatable bonds is 8. The van der Waals surface area contributed by atoms with Crippen molar-refractivity contribution in [3.8, 4) is 5.75 Å². The Hall–Kier alpha value is -2.91. The maximum Gasteiger partial charge on any atom is 0.261 e.